The van der Waals surface area contributed by atoms with E-state index in [1.807, 2.05) is 0 Å². The Balaban J connectivity index is 1.09. The summed E-state index contributed by atoms with van der Waals surface area (Å²) >= 11 is 0. The number of fused-ring (bicyclic) bond motifs is 1. The first-order valence-corrected chi connectivity index (χ1v) is 12.6. The van der Waals surface area contributed by atoms with Gasteiger partial charge < -0.3 is 10.1 Å². The highest BCUT2D eigenvalue weighted by molar-refractivity contribution is 5.85. The van der Waals surface area contributed by atoms with Gasteiger partial charge in [0.25, 0.3) is 0 Å². The predicted octanol–water partition coefficient (Wildman–Crippen LogP) is 4.20. The standard InChI is InChI=1S/C29H35N3O2/c33-29(30-20-23-5-3-6-24(19-23)21-32-15-17-34-18-16-32)26-11-13-31(14-12-26)22-27-9-4-8-25-7-1-2-10-28(25)27/h1-10,19,26H,11-18,20-22H2,(H,30,33). The minimum atomic E-state index is 0.111. The summed E-state index contributed by atoms with van der Waals surface area (Å²) < 4.78 is 5.44. The number of likely N-dealkylation sites (tertiary alicyclic amines) is 1. The van der Waals surface area contributed by atoms with E-state index in [0.29, 0.717) is 6.54 Å². The lowest BCUT2D eigenvalue weighted by molar-refractivity contribution is -0.126. The number of hydrogen-bond donors (Lipinski definition) is 1. The molecule has 5 nitrogen and oxygen atoms in total. The Morgan fingerprint density at radius 2 is 1.53 bits per heavy atom. The number of carbonyl (C=O) groups excluding carboxylic acids is 1. The predicted molar refractivity (Wildman–Crippen MR) is 136 cm³/mol. The summed E-state index contributed by atoms with van der Waals surface area (Å²) in [6.45, 7) is 8.04. The van der Waals surface area contributed by atoms with Crippen LogP contribution in [0, 0.1) is 5.92 Å². The maximum Gasteiger partial charge on any atom is 0.223 e. The maximum atomic E-state index is 12.9. The molecule has 3 aromatic carbocycles. The highest BCUT2D eigenvalue weighted by Gasteiger charge is 2.25. The summed E-state index contributed by atoms with van der Waals surface area (Å²) in [5.74, 6) is 0.309. The highest BCUT2D eigenvalue weighted by Crippen LogP contribution is 2.23. The van der Waals surface area contributed by atoms with Crippen molar-refractivity contribution >= 4 is 16.7 Å². The molecule has 5 rings (SSSR count). The highest BCUT2D eigenvalue weighted by atomic mass is 16.5. The van der Waals surface area contributed by atoms with E-state index in [1.54, 1.807) is 0 Å². The lowest BCUT2D eigenvalue weighted by Crippen LogP contribution is -2.40. The minimum absolute atomic E-state index is 0.111. The lowest BCUT2D eigenvalue weighted by Gasteiger charge is -2.31. The van der Waals surface area contributed by atoms with Gasteiger partial charge in [0.05, 0.1) is 13.2 Å². The SMILES string of the molecule is O=C(NCc1cccc(CN2CCOCC2)c1)C1CCN(Cc2cccc3ccccc23)CC1. The van der Waals surface area contributed by atoms with Crippen LogP contribution in [0.5, 0.6) is 0 Å². The van der Waals surface area contributed by atoms with Crippen molar-refractivity contribution in [3.63, 3.8) is 0 Å². The maximum absolute atomic E-state index is 12.9. The van der Waals surface area contributed by atoms with Gasteiger partial charge in [-0.3, -0.25) is 14.6 Å². The second-order valence-corrected chi connectivity index (χ2v) is 9.61. The van der Waals surface area contributed by atoms with E-state index in [4.69, 9.17) is 4.74 Å². The Bertz CT molecular complexity index is 1100. The van der Waals surface area contributed by atoms with Crippen LogP contribution in [0.15, 0.2) is 66.7 Å². The Morgan fingerprint density at radius 1 is 0.824 bits per heavy atom. The number of amides is 1. The molecule has 0 aliphatic carbocycles. The van der Waals surface area contributed by atoms with Gasteiger partial charge in [0, 0.05) is 38.6 Å². The van der Waals surface area contributed by atoms with Crippen molar-refractivity contribution in [2.75, 3.05) is 39.4 Å². The molecule has 2 heterocycles. The Hall–Kier alpha value is -2.73. The van der Waals surface area contributed by atoms with E-state index in [-0.39, 0.29) is 11.8 Å². The monoisotopic (exact) mass is 457 g/mol. The first-order valence-electron chi connectivity index (χ1n) is 12.6. The van der Waals surface area contributed by atoms with Crippen molar-refractivity contribution in [2.45, 2.75) is 32.5 Å². The van der Waals surface area contributed by atoms with Crippen LogP contribution in [-0.2, 0) is 29.2 Å². The number of piperidine rings is 1. The number of ether oxygens (including phenoxy) is 1. The number of carbonyl (C=O) groups is 1. The second-order valence-electron chi connectivity index (χ2n) is 9.61. The molecule has 2 fully saturated rings. The first kappa shape index (κ1) is 23.0. The van der Waals surface area contributed by atoms with E-state index in [9.17, 15) is 4.79 Å². The quantitative estimate of drug-likeness (QED) is 0.578. The smallest absolute Gasteiger partial charge is 0.223 e. The van der Waals surface area contributed by atoms with Gasteiger partial charge in [0.15, 0.2) is 0 Å². The van der Waals surface area contributed by atoms with Crippen molar-refractivity contribution < 1.29 is 9.53 Å². The zero-order valence-electron chi connectivity index (χ0n) is 19.9. The Morgan fingerprint density at radius 3 is 2.38 bits per heavy atom. The molecule has 0 aromatic heterocycles. The van der Waals surface area contributed by atoms with Gasteiger partial charge in [0.1, 0.15) is 0 Å². The first-order chi connectivity index (χ1) is 16.7. The van der Waals surface area contributed by atoms with Gasteiger partial charge >= 0.3 is 0 Å². The van der Waals surface area contributed by atoms with Gasteiger partial charge in [-0.25, -0.2) is 0 Å². The summed E-state index contributed by atoms with van der Waals surface area (Å²) in [6, 6.07) is 23.7. The topological polar surface area (TPSA) is 44.8 Å². The number of benzene rings is 3. The summed E-state index contributed by atoms with van der Waals surface area (Å²) in [5, 5.41) is 5.83. The minimum Gasteiger partial charge on any atom is -0.379 e. The van der Waals surface area contributed by atoms with Crippen molar-refractivity contribution in [1.82, 2.24) is 15.1 Å². The molecule has 1 amide bonds. The molecule has 34 heavy (non-hydrogen) atoms. The average molecular weight is 458 g/mol. The number of nitrogens with zero attached hydrogens (tertiary/aromatic N) is 2. The third-order valence-electron chi connectivity index (χ3n) is 7.20. The van der Waals surface area contributed by atoms with E-state index in [2.05, 4.69) is 81.8 Å². The molecule has 5 heteroatoms. The van der Waals surface area contributed by atoms with Gasteiger partial charge in [-0.2, -0.15) is 0 Å². The van der Waals surface area contributed by atoms with Crippen LogP contribution in [0.3, 0.4) is 0 Å². The third kappa shape index (κ3) is 5.84. The molecule has 0 saturated carbocycles. The lowest BCUT2D eigenvalue weighted by atomic mass is 9.95. The molecule has 0 spiro atoms. The fourth-order valence-corrected chi connectivity index (χ4v) is 5.21. The van der Waals surface area contributed by atoms with E-state index in [1.165, 1.54) is 27.5 Å². The summed E-state index contributed by atoms with van der Waals surface area (Å²) in [5.41, 5.74) is 3.85. The molecule has 0 unspecified atom stereocenters. The van der Waals surface area contributed by atoms with Crippen LogP contribution in [-0.4, -0.2) is 55.1 Å². The fourth-order valence-electron chi connectivity index (χ4n) is 5.21. The van der Waals surface area contributed by atoms with E-state index in [0.717, 1.165) is 65.3 Å². The third-order valence-corrected chi connectivity index (χ3v) is 7.20. The van der Waals surface area contributed by atoms with Crippen LogP contribution in [0.4, 0.5) is 0 Å². The van der Waals surface area contributed by atoms with Gasteiger partial charge in [-0.15, -0.1) is 0 Å². The van der Waals surface area contributed by atoms with E-state index >= 15 is 0 Å². The molecule has 2 aliphatic heterocycles. The largest absolute Gasteiger partial charge is 0.379 e. The molecular formula is C29H35N3O2. The fraction of sp³-hybridized carbons (Fsp3) is 0.414. The molecule has 0 atom stereocenters. The van der Waals surface area contributed by atoms with Crippen LogP contribution in [0.1, 0.15) is 29.5 Å². The molecule has 1 N–H and O–H groups in total. The van der Waals surface area contributed by atoms with Crippen LogP contribution in [0.25, 0.3) is 10.8 Å². The van der Waals surface area contributed by atoms with Crippen LogP contribution < -0.4 is 5.32 Å². The summed E-state index contributed by atoms with van der Waals surface area (Å²) in [7, 11) is 0. The van der Waals surface area contributed by atoms with Crippen molar-refractivity contribution in [3.8, 4) is 0 Å². The molecule has 2 aliphatic rings. The summed E-state index contributed by atoms with van der Waals surface area (Å²) in [6.07, 6.45) is 1.85. The van der Waals surface area contributed by atoms with Crippen molar-refractivity contribution in [1.29, 1.82) is 0 Å². The van der Waals surface area contributed by atoms with Crippen LogP contribution in [0.2, 0.25) is 0 Å². The number of morpholine rings is 1. The Labute approximate surface area is 202 Å². The van der Waals surface area contributed by atoms with Gasteiger partial charge in [-0.05, 0) is 53.4 Å². The number of nitrogens with one attached hydrogen (secondary N) is 1. The Kier molecular flexibility index (Phi) is 7.54. The molecule has 178 valence electrons. The molecular weight excluding hydrogens is 422 g/mol. The van der Waals surface area contributed by atoms with E-state index < -0.39 is 0 Å². The average Bonchev–Trinajstić information content (AvgIpc) is 2.89. The molecule has 2 saturated heterocycles. The van der Waals surface area contributed by atoms with Crippen molar-refractivity contribution in [3.05, 3.63) is 83.4 Å². The molecule has 0 radical (unpaired) electrons. The number of rotatable bonds is 7. The van der Waals surface area contributed by atoms with Crippen LogP contribution >= 0.6 is 0 Å². The second kappa shape index (κ2) is 11.1. The molecule has 0 bridgehead atoms. The zero-order valence-corrected chi connectivity index (χ0v) is 19.9. The van der Waals surface area contributed by atoms with Gasteiger partial charge in [-0.1, -0.05) is 66.7 Å². The molecule has 3 aromatic rings. The van der Waals surface area contributed by atoms with Crippen molar-refractivity contribution in [2.24, 2.45) is 5.92 Å². The zero-order chi connectivity index (χ0) is 23.2. The number of hydrogen-bond acceptors (Lipinski definition) is 4. The van der Waals surface area contributed by atoms with Gasteiger partial charge in [0.2, 0.25) is 5.91 Å². The normalized spacial score (nSPS) is 18.2. The summed E-state index contributed by atoms with van der Waals surface area (Å²) in [4.78, 5) is 17.8.